The first-order valence-corrected chi connectivity index (χ1v) is 6.98. The van der Waals surface area contributed by atoms with Gasteiger partial charge in [0.15, 0.2) is 0 Å². The van der Waals surface area contributed by atoms with E-state index >= 15 is 0 Å². The Morgan fingerprint density at radius 3 is 3.00 bits per heavy atom. The van der Waals surface area contributed by atoms with Gasteiger partial charge in [0.1, 0.15) is 11.5 Å². The van der Waals surface area contributed by atoms with Crippen molar-refractivity contribution in [2.45, 2.75) is 12.5 Å². The molecule has 6 heteroatoms. The van der Waals surface area contributed by atoms with Crippen molar-refractivity contribution in [2.24, 2.45) is 0 Å². The van der Waals surface area contributed by atoms with Gasteiger partial charge in [0, 0.05) is 29.8 Å². The molecule has 0 fully saturated rings. The molecule has 1 amide bonds. The quantitative estimate of drug-likeness (QED) is 0.903. The molecular weight excluding hydrogens is 284 g/mol. The van der Waals surface area contributed by atoms with Crippen LogP contribution in [0.4, 0.5) is 0 Å². The Kier molecular flexibility index (Phi) is 3.82. The highest BCUT2D eigenvalue weighted by molar-refractivity contribution is 5.94. The molecule has 1 aliphatic rings. The lowest BCUT2D eigenvalue weighted by atomic mass is 9.99. The van der Waals surface area contributed by atoms with E-state index in [2.05, 4.69) is 10.3 Å². The minimum Gasteiger partial charge on any atom is -0.497 e. The molecule has 1 aliphatic heterocycles. The Morgan fingerprint density at radius 1 is 1.36 bits per heavy atom. The number of carbonyl (C=O) groups excluding carboxylic acids is 1. The molecule has 22 heavy (non-hydrogen) atoms. The van der Waals surface area contributed by atoms with Crippen molar-refractivity contribution >= 4 is 5.91 Å². The second kappa shape index (κ2) is 5.93. The Hall–Kier alpha value is -2.76. The van der Waals surface area contributed by atoms with Crippen molar-refractivity contribution in [3.63, 3.8) is 0 Å². The summed E-state index contributed by atoms with van der Waals surface area (Å²) in [5.74, 6) is 1.16. The minimum atomic E-state index is -0.304. The van der Waals surface area contributed by atoms with Gasteiger partial charge in [-0.1, -0.05) is 0 Å². The number of aromatic nitrogens is 1. The van der Waals surface area contributed by atoms with Gasteiger partial charge in [0.25, 0.3) is 5.91 Å². The number of fused-ring (bicyclic) bond motifs is 1. The van der Waals surface area contributed by atoms with Crippen molar-refractivity contribution in [2.75, 3.05) is 13.7 Å². The van der Waals surface area contributed by atoms with Crippen molar-refractivity contribution in [3.05, 3.63) is 58.0 Å². The van der Waals surface area contributed by atoms with Crippen LogP contribution in [0.15, 0.2) is 41.3 Å². The van der Waals surface area contributed by atoms with Gasteiger partial charge in [-0.25, -0.2) is 0 Å². The highest BCUT2D eigenvalue weighted by Gasteiger charge is 2.24. The van der Waals surface area contributed by atoms with Crippen LogP contribution in [-0.2, 0) is 0 Å². The largest absolute Gasteiger partial charge is 0.497 e. The Balaban J connectivity index is 1.85. The van der Waals surface area contributed by atoms with Gasteiger partial charge in [0.05, 0.1) is 19.8 Å². The molecule has 1 atom stereocenters. The second-order valence-electron chi connectivity index (χ2n) is 5.01. The summed E-state index contributed by atoms with van der Waals surface area (Å²) in [7, 11) is 1.59. The zero-order valence-electron chi connectivity index (χ0n) is 12.1. The van der Waals surface area contributed by atoms with Crippen molar-refractivity contribution in [1.29, 1.82) is 0 Å². The molecule has 114 valence electrons. The number of benzene rings is 1. The van der Waals surface area contributed by atoms with E-state index in [1.165, 1.54) is 12.3 Å². The lowest BCUT2D eigenvalue weighted by Gasteiger charge is -2.27. The first kappa shape index (κ1) is 14.2. The number of aromatic amines is 1. The molecular formula is C16H16N2O4. The molecule has 3 rings (SSSR count). The summed E-state index contributed by atoms with van der Waals surface area (Å²) in [5.41, 5.74) is 0.908. The van der Waals surface area contributed by atoms with Crippen molar-refractivity contribution in [1.82, 2.24) is 10.3 Å². The summed E-state index contributed by atoms with van der Waals surface area (Å²) >= 11 is 0. The minimum absolute atomic E-state index is 0.175. The third kappa shape index (κ3) is 2.81. The fourth-order valence-corrected chi connectivity index (χ4v) is 2.48. The van der Waals surface area contributed by atoms with E-state index in [1.807, 2.05) is 18.2 Å². The highest BCUT2D eigenvalue weighted by atomic mass is 16.5. The van der Waals surface area contributed by atoms with E-state index in [-0.39, 0.29) is 17.5 Å². The summed E-state index contributed by atoms with van der Waals surface area (Å²) in [5, 5.41) is 2.94. The normalized spacial score (nSPS) is 16.3. The Bertz CT molecular complexity index is 754. The molecule has 0 spiro atoms. The fraction of sp³-hybridized carbons (Fsp3) is 0.250. The topological polar surface area (TPSA) is 80.4 Å². The maximum atomic E-state index is 12.3. The number of ether oxygens (including phenoxy) is 2. The van der Waals surface area contributed by atoms with Crippen LogP contribution < -0.4 is 20.3 Å². The van der Waals surface area contributed by atoms with Crippen LogP contribution in [0, 0.1) is 0 Å². The number of nitrogens with one attached hydrogen (secondary N) is 2. The Morgan fingerprint density at radius 2 is 2.23 bits per heavy atom. The van der Waals surface area contributed by atoms with E-state index < -0.39 is 0 Å². The smallest absolute Gasteiger partial charge is 0.252 e. The third-order valence-electron chi connectivity index (χ3n) is 3.60. The molecule has 0 radical (unpaired) electrons. The molecule has 0 saturated carbocycles. The number of amides is 1. The molecule has 0 aliphatic carbocycles. The number of carbonyl (C=O) groups is 1. The average Bonchev–Trinajstić information content (AvgIpc) is 2.54. The molecule has 2 N–H and O–H groups in total. The van der Waals surface area contributed by atoms with Crippen LogP contribution in [0.25, 0.3) is 0 Å². The van der Waals surface area contributed by atoms with Crippen molar-refractivity contribution < 1.29 is 14.3 Å². The molecule has 2 aromatic rings. The van der Waals surface area contributed by atoms with E-state index in [1.54, 1.807) is 13.2 Å². The highest BCUT2D eigenvalue weighted by Crippen LogP contribution is 2.34. The number of hydrogen-bond donors (Lipinski definition) is 2. The second-order valence-corrected chi connectivity index (χ2v) is 5.01. The first-order chi connectivity index (χ1) is 10.7. The van der Waals surface area contributed by atoms with Gasteiger partial charge in [0.2, 0.25) is 5.56 Å². The van der Waals surface area contributed by atoms with Crippen LogP contribution in [0.5, 0.6) is 11.5 Å². The van der Waals surface area contributed by atoms with Gasteiger partial charge in [-0.05, 0) is 24.3 Å². The lowest BCUT2D eigenvalue weighted by Crippen LogP contribution is -2.32. The van der Waals surface area contributed by atoms with Gasteiger partial charge in [-0.2, -0.15) is 0 Å². The van der Waals surface area contributed by atoms with Gasteiger partial charge in [-0.3, -0.25) is 9.59 Å². The molecule has 0 bridgehead atoms. The van der Waals surface area contributed by atoms with Gasteiger partial charge >= 0.3 is 0 Å². The number of methoxy groups -OCH3 is 1. The lowest BCUT2D eigenvalue weighted by molar-refractivity contribution is 0.0924. The predicted octanol–water partition coefficient (Wildman–Crippen LogP) is 1.64. The monoisotopic (exact) mass is 300 g/mol. The van der Waals surface area contributed by atoms with Crippen LogP contribution in [-0.4, -0.2) is 24.6 Å². The maximum Gasteiger partial charge on any atom is 0.252 e. The van der Waals surface area contributed by atoms with Gasteiger partial charge < -0.3 is 19.8 Å². The number of H-pyrrole nitrogens is 1. The fourth-order valence-electron chi connectivity index (χ4n) is 2.48. The van der Waals surface area contributed by atoms with E-state index in [4.69, 9.17) is 9.47 Å². The van der Waals surface area contributed by atoms with E-state index in [0.29, 0.717) is 24.3 Å². The zero-order valence-corrected chi connectivity index (χ0v) is 12.1. The standard InChI is InChI=1S/C16H16N2O4/c1-21-11-2-3-14-12(9-11)13(5-7-22-14)18-16(20)10-4-6-17-15(19)8-10/h2-4,6,8-9,13H,5,7H2,1H3,(H,17,19)(H,18,20)/t13-/m0/s1. The summed E-state index contributed by atoms with van der Waals surface area (Å²) in [6.07, 6.45) is 2.12. The average molecular weight is 300 g/mol. The number of pyridine rings is 1. The molecule has 0 unspecified atom stereocenters. The summed E-state index contributed by atoms with van der Waals surface area (Å²) in [6.45, 7) is 0.527. The molecule has 2 heterocycles. The number of rotatable bonds is 3. The molecule has 1 aromatic carbocycles. The number of hydrogen-bond acceptors (Lipinski definition) is 4. The van der Waals surface area contributed by atoms with Crippen LogP contribution >= 0.6 is 0 Å². The van der Waals surface area contributed by atoms with Crippen LogP contribution in [0.2, 0.25) is 0 Å². The maximum absolute atomic E-state index is 12.3. The van der Waals surface area contributed by atoms with E-state index in [9.17, 15) is 9.59 Å². The van der Waals surface area contributed by atoms with Crippen LogP contribution in [0.1, 0.15) is 28.4 Å². The zero-order chi connectivity index (χ0) is 15.5. The third-order valence-corrected chi connectivity index (χ3v) is 3.60. The Labute approximate surface area is 127 Å². The molecule has 1 aromatic heterocycles. The SMILES string of the molecule is COc1ccc2c(c1)[C@@H](NC(=O)c1cc[nH]c(=O)c1)CCO2. The summed E-state index contributed by atoms with van der Waals surface area (Å²) < 4.78 is 10.8. The predicted molar refractivity (Wildman–Crippen MR) is 80.4 cm³/mol. The van der Waals surface area contributed by atoms with Gasteiger partial charge in [-0.15, -0.1) is 0 Å². The molecule has 0 saturated heterocycles. The van der Waals surface area contributed by atoms with Crippen LogP contribution in [0.3, 0.4) is 0 Å². The summed E-state index contributed by atoms with van der Waals surface area (Å²) in [4.78, 5) is 26.1. The van der Waals surface area contributed by atoms with Crippen molar-refractivity contribution in [3.8, 4) is 11.5 Å². The summed E-state index contributed by atoms with van der Waals surface area (Å²) in [6, 6.07) is 8.19. The molecule has 6 nitrogen and oxygen atoms in total. The first-order valence-electron chi connectivity index (χ1n) is 6.98. The van der Waals surface area contributed by atoms with E-state index in [0.717, 1.165) is 11.3 Å².